The minimum atomic E-state index is -0.280. The molecule has 0 saturated carbocycles. The molecule has 6 nitrogen and oxygen atoms in total. The highest BCUT2D eigenvalue weighted by molar-refractivity contribution is 8.02. The summed E-state index contributed by atoms with van der Waals surface area (Å²) in [5.74, 6) is 0.662. The highest BCUT2D eigenvalue weighted by atomic mass is 32.2. The number of nitrogens with zero attached hydrogens (tertiary/aromatic N) is 2. The third-order valence-electron chi connectivity index (χ3n) is 2.81. The summed E-state index contributed by atoms with van der Waals surface area (Å²) in [5, 5.41) is 14.4. The number of methoxy groups -OCH3 is 1. The largest absolute Gasteiger partial charge is 0.497 e. The highest BCUT2D eigenvalue weighted by Crippen LogP contribution is 2.29. The lowest BCUT2D eigenvalue weighted by Crippen LogP contribution is -2.22. The second-order valence-corrected chi connectivity index (χ2v) is 7.09. The maximum Gasteiger partial charge on any atom is 0.237 e. The first-order chi connectivity index (χ1) is 11.1. The normalized spacial score (nSPS) is 11.6. The molecule has 1 aromatic carbocycles. The number of aromatic nitrogens is 2. The molecule has 0 aliphatic carbocycles. The van der Waals surface area contributed by atoms with Crippen LogP contribution >= 0.6 is 23.1 Å². The van der Waals surface area contributed by atoms with Gasteiger partial charge in [-0.1, -0.05) is 29.2 Å². The number of nitrogens with one attached hydrogen (secondary N) is 2. The van der Waals surface area contributed by atoms with Crippen molar-refractivity contribution in [1.82, 2.24) is 10.2 Å². The summed E-state index contributed by atoms with van der Waals surface area (Å²) < 4.78 is 5.83. The van der Waals surface area contributed by atoms with Crippen LogP contribution in [0.25, 0.3) is 0 Å². The molecule has 2 aromatic rings. The fraction of sp³-hybridized carbons (Fsp3) is 0.267. The molecule has 0 aliphatic heterocycles. The van der Waals surface area contributed by atoms with Crippen molar-refractivity contribution in [2.45, 2.75) is 16.5 Å². The molecule has 1 aromatic heterocycles. The Bertz CT molecular complexity index is 658. The maximum absolute atomic E-state index is 12.2. The lowest BCUT2D eigenvalue weighted by Gasteiger charge is -2.10. The summed E-state index contributed by atoms with van der Waals surface area (Å²) in [7, 11) is 1.60. The van der Waals surface area contributed by atoms with Crippen molar-refractivity contribution in [3.05, 3.63) is 36.9 Å². The first-order valence-corrected chi connectivity index (χ1v) is 8.62. The van der Waals surface area contributed by atoms with E-state index in [0.29, 0.717) is 6.54 Å². The molecule has 0 bridgehead atoms. The van der Waals surface area contributed by atoms with Gasteiger partial charge < -0.3 is 15.4 Å². The summed E-state index contributed by atoms with van der Waals surface area (Å²) in [6.45, 7) is 6.10. The number of ether oxygens (including phenoxy) is 1. The van der Waals surface area contributed by atoms with E-state index in [-0.39, 0.29) is 11.2 Å². The van der Waals surface area contributed by atoms with Crippen LogP contribution in [0.2, 0.25) is 0 Å². The van der Waals surface area contributed by atoms with Crippen molar-refractivity contribution >= 4 is 39.8 Å². The van der Waals surface area contributed by atoms with E-state index in [9.17, 15) is 4.79 Å². The van der Waals surface area contributed by atoms with Gasteiger partial charge in [-0.3, -0.25) is 4.79 Å². The van der Waals surface area contributed by atoms with Crippen LogP contribution in [-0.2, 0) is 4.79 Å². The third kappa shape index (κ3) is 5.26. The van der Waals surface area contributed by atoms with Gasteiger partial charge in [-0.05, 0) is 31.2 Å². The first kappa shape index (κ1) is 17.3. The number of benzene rings is 1. The van der Waals surface area contributed by atoms with Crippen LogP contribution in [0.3, 0.4) is 0 Å². The predicted molar refractivity (Wildman–Crippen MR) is 95.5 cm³/mol. The molecule has 1 atom stereocenters. The average molecular weight is 350 g/mol. The molecule has 0 fully saturated rings. The summed E-state index contributed by atoms with van der Waals surface area (Å²) >= 11 is 2.79. The molecular weight excluding hydrogens is 332 g/mol. The lowest BCUT2D eigenvalue weighted by atomic mass is 10.3. The van der Waals surface area contributed by atoms with Crippen molar-refractivity contribution in [3.8, 4) is 5.75 Å². The molecule has 2 rings (SSSR count). The van der Waals surface area contributed by atoms with Crippen LogP contribution in [0.1, 0.15) is 6.92 Å². The maximum atomic E-state index is 12.2. The number of carbonyl (C=O) groups excluding carboxylic acids is 1. The molecule has 1 heterocycles. The Morgan fingerprint density at radius 1 is 1.43 bits per heavy atom. The Kier molecular flexibility index (Phi) is 6.42. The molecule has 0 saturated heterocycles. The number of rotatable bonds is 8. The van der Waals surface area contributed by atoms with Gasteiger partial charge in [-0.25, -0.2) is 0 Å². The van der Waals surface area contributed by atoms with E-state index in [4.69, 9.17) is 4.74 Å². The monoisotopic (exact) mass is 350 g/mol. The van der Waals surface area contributed by atoms with Crippen LogP contribution in [-0.4, -0.2) is 35.0 Å². The molecule has 0 aliphatic rings. The second-order valence-electron chi connectivity index (χ2n) is 4.52. The van der Waals surface area contributed by atoms with E-state index < -0.39 is 0 Å². The molecule has 23 heavy (non-hydrogen) atoms. The van der Waals surface area contributed by atoms with Crippen molar-refractivity contribution < 1.29 is 9.53 Å². The van der Waals surface area contributed by atoms with Gasteiger partial charge in [0.25, 0.3) is 0 Å². The minimum Gasteiger partial charge on any atom is -0.497 e. The van der Waals surface area contributed by atoms with Gasteiger partial charge >= 0.3 is 0 Å². The topological polar surface area (TPSA) is 76.1 Å². The van der Waals surface area contributed by atoms with Gasteiger partial charge in [0.15, 0.2) is 4.34 Å². The standard InChI is InChI=1S/C15H18N4O2S2/c1-4-9-16-14-18-19-15(23-14)22-10(2)13(20)17-11-5-7-12(21-3)8-6-11/h4-8,10H,1,9H2,2-3H3,(H,16,18)(H,17,20). The van der Waals surface area contributed by atoms with Crippen molar-refractivity contribution in [2.75, 3.05) is 24.3 Å². The fourth-order valence-corrected chi connectivity index (χ4v) is 3.51. The number of anilines is 2. The van der Waals surface area contributed by atoms with Gasteiger partial charge in [0, 0.05) is 12.2 Å². The number of hydrogen-bond donors (Lipinski definition) is 2. The van der Waals surface area contributed by atoms with Crippen LogP contribution in [0, 0.1) is 0 Å². The Hall–Kier alpha value is -2.06. The minimum absolute atomic E-state index is 0.0871. The van der Waals surface area contributed by atoms with E-state index >= 15 is 0 Å². The summed E-state index contributed by atoms with van der Waals surface area (Å²) in [4.78, 5) is 12.2. The quantitative estimate of drug-likeness (QED) is 0.562. The highest BCUT2D eigenvalue weighted by Gasteiger charge is 2.17. The van der Waals surface area contributed by atoms with Crippen LogP contribution in [0.4, 0.5) is 10.8 Å². The Labute approximate surface area is 143 Å². The van der Waals surface area contributed by atoms with Crippen LogP contribution in [0.15, 0.2) is 41.3 Å². The molecular formula is C15H18N4O2S2. The fourth-order valence-electron chi connectivity index (χ4n) is 1.61. The van der Waals surface area contributed by atoms with Gasteiger partial charge in [0.1, 0.15) is 5.75 Å². The zero-order valence-corrected chi connectivity index (χ0v) is 14.5. The molecule has 1 amide bonds. The molecule has 0 radical (unpaired) electrons. The number of thioether (sulfide) groups is 1. The molecule has 1 unspecified atom stereocenters. The SMILES string of the molecule is C=CCNc1nnc(SC(C)C(=O)Nc2ccc(OC)cc2)s1. The first-order valence-electron chi connectivity index (χ1n) is 6.92. The third-order valence-corrected chi connectivity index (χ3v) is 4.87. The van der Waals surface area contributed by atoms with Crippen molar-refractivity contribution in [1.29, 1.82) is 0 Å². The Balaban J connectivity index is 1.88. The van der Waals surface area contributed by atoms with Gasteiger partial charge in [-0.15, -0.1) is 16.8 Å². The zero-order valence-electron chi connectivity index (χ0n) is 12.9. The van der Waals surface area contributed by atoms with Gasteiger partial charge in [-0.2, -0.15) is 0 Å². The molecule has 122 valence electrons. The smallest absolute Gasteiger partial charge is 0.237 e. The van der Waals surface area contributed by atoms with E-state index in [1.54, 1.807) is 37.5 Å². The summed E-state index contributed by atoms with van der Waals surface area (Å²) in [5.41, 5.74) is 0.730. The average Bonchev–Trinajstić information content (AvgIpc) is 3.01. The molecule has 8 heteroatoms. The van der Waals surface area contributed by atoms with E-state index in [2.05, 4.69) is 27.4 Å². The predicted octanol–water partition coefficient (Wildman–Crippen LogP) is 3.26. The Morgan fingerprint density at radius 3 is 2.83 bits per heavy atom. The summed E-state index contributed by atoms with van der Waals surface area (Å²) in [6, 6.07) is 7.21. The van der Waals surface area contributed by atoms with E-state index in [1.165, 1.54) is 23.1 Å². The second kappa shape index (κ2) is 8.54. The number of hydrogen-bond acceptors (Lipinski definition) is 7. The summed E-state index contributed by atoms with van der Waals surface area (Å²) in [6.07, 6.45) is 1.75. The molecule has 2 N–H and O–H groups in total. The van der Waals surface area contributed by atoms with Crippen LogP contribution in [0.5, 0.6) is 5.75 Å². The van der Waals surface area contributed by atoms with Gasteiger partial charge in [0.05, 0.1) is 12.4 Å². The van der Waals surface area contributed by atoms with Crippen LogP contribution < -0.4 is 15.4 Å². The van der Waals surface area contributed by atoms with Crippen molar-refractivity contribution in [3.63, 3.8) is 0 Å². The van der Waals surface area contributed by atoms with Crippen molar-refractivity contribution in [2.24, 2.45) is 0 Å². The lowest BCUT2D eigenvalue weighted by molar-refractivity contribution is -0.115. The Morgan fingerprint density at radius 2 is 2.17 bits per heavy atom. The zero-order chi connectivity index (χ0) is 16.7. The number of amides is 1. The van der Waals surface area contributed by atoms with E-state index in [0.717, 1.165) is 20.9 Å². The van der Waals surface area contributed by atoms with Gasteiger partial charge in [0.2, 0.25) is 11.0 Å². The van der Waals surface area contributed by atoms with E-state index in [1.807, 2.05) is 6.92 Å². The molecule has 0 spiro atoms. The number of carbonyl (C=O) groups is 1.